The van der Waals surface area contributed by atoms with E-state index < -0.39 is 9.84 Å². The standard InChI is InChI=1S/C21H31NO5S/c1-3-4-12-22(17-11-13-28(24,25)15-17)21(23)16-9-10-19(20(14-16)26-2)27-18-7-5-6-8-18/h9-10,14,17-18H,3-8,11-13,15H2,1-2H3. The predicted octanol–water partition coefficient (Wildman–Crippen LogP) is 3.45. The third-order valence-corrected chi connectivity index (χ3v) is 7.42. The average Bonchev–Trinajstić information content (AvgIpc) is 3.31. The Bertz CT molecular complexity index is 786. The highest BCUT2D eigenvalue weighted by Crippen LogP contribution is 2.33. The Morgan fingerprint density at radius 2 is 1.93 bits per heavy atom. The fourth-order valence-electron chi connectivity index (χ4n) is 4.05. The second-order valence-corrected chi connectivity index (χ2v) is 10.0. The van der Waals surface area contributed by atoms with Gasteiger partial charge < -0.3 is 14.4 Å². The number of amides is 1. The summed E-state index contributed by atoms with van der Waals surface area (Å²) in [5, 5.41) is 0. The van der Waals surface area contributed by atoms with E-state index in [2.05, 4.69) is 6.92 Å². The van der Waals surface area contributed by atoms with Crippen molar-refractivity contribution in [2.24, 2.45) is 0 Å². The minimum atomic E-state index is -3.05. The van der Waals surface area contributed by atoms with Gasteiger partial charge in [0, 0.05) is 18.2 Å². The molecule has 1 unspecified atom stereocenters. The van der Waals surface area contributed by atoms with Crippen molar-refractivity contribution in [3.8, 4) is 11.5 Å². The molecule has 2 fully saturated rings. The first-order valence-electron chi connectivity index (χ1n) is 10.3. The lowest BCUT2D eigenvalue weighted by Crippen LogP contribution is -2.41. The van der Waals surface area contributed by atoms with Gasteiger partial charge in [-0.1, -0.05) is 13.3 Å². The van der Waals surface area contributed by atoms with E-state index in [4.69, 9.17) is 9.47 Å². The van der Waals surface area contributed by atoms with Crippen LogP contribution in [-0.2, 0) is 9.84 Å². The Balaban J connectivity index is 1.79. The molecule has 0 spiro atoms. The zero-order valence-electron chi connectivity index (χ0n) is 16.9. The molecule has 0 aromatic heterocycles. The lowest BCUT2D eigenvalue weighted by atomic mass is 10.1. The molecule has 3 rings (SSSR count). The van der Waals surface area contributed by atoms with Crippen LogP contribution in [0.3, 0.4) is 0 Å². The number of carbonyl (C=O) groups is 1. The zero-order chi connectivity index (χ0) is 20.1. The van der Waals surface area contributed by atoms with Gasteiger partial charge in [0.05, 0.1) is 24.7 Å². The zero-order valence-corrected chi connectivity index (χ0v) is 17.7. The molecule has 1 amide bonds. The van der Waals surface area contributed by atoms with Crippen molar-refractivity contribution in [1.29, 1.82) is 0 Å². The number of hydrogen-bond donors (Lipinski definition) is 0. The van der Waals surface area contributed by atoms with Crippen LogP contribution in [0.4, 0.5) is 0 Å². The number of nitrogens with zero attached hydrogens (tertiary/aromatic N) is 1. The minimum absolute atomic E-state index is 0.0580. The number of carbonyl (C=O) groups excluding carboxylic acids is 1. The van der Waals surface area contributed by atoms with Gasteiger partial charge in [-0.05, 0) is 56.7 Å². The largest absolute Gasteiger partial charge is 0.493 e. The van der Waals surface area contributed by atoms with Gasteiger partial charge >= 0.3 is 0 Å². The van der Waals surface area contributed by atoms with Crippen LogP contribution in [0.1, 0.15) is 62.2 Å². The van der Waals surface area contributed by atoms with Crippen molar-refractivity contribution in [2.75, 3.05) is 25.2 Å². The highest BCUT2D eigenvalue weighted by molar-refractivity contribution is 7.91. The van der Waals surface area contributed by atoms with Crippen molar-refractivity contribution in [3.05, 3.63) is 23.8 Å². The maximum absolute atomic E-state index is 13.2. The van der Waals surface area contributed by atoms with Crippen molar-refractivity contribution >= 4 is 15.7 Å². The van der Waals surface area contributed by atoms with Crippen molar-refractivity contribution in [2.45, 2.75) is 64.0 Å². The van der Waals surface area contributed by atoms with Crippen molar-refractivity contribution in [3.63, 3.8) is 0 Å². The van der Waals surface area contributed by atoms with Crippen LogP contribution >= 0.6 is 0 Å². The van der Waals surface area contributed by atoms with Crippen molar-refractivity contribution < 1.29 is 22.7 Å². The molecule has 28 heavy (non-hydrogen) atoms. The molecule has 1 aliphatic heterocycles. The summed E-state index contributed by atoms with van der Waals surface area (Å²) in [6.07, 6.45) is 6.97. The number of methoxy groups -OCH3 is 1. The highest BCUT2D eigenvalue weighted by Gasteiger charge is 2.35. The molecule has 1 heterocycles. The Hall–Kier alpha value is -1.76. The molecule has 1 aromatic carbocycles. The smallest absolute Gasteiger partial charge is 0.254 e. The lowest BCUT2D eigenvalue weighted by molar-refractivity contribution is 0.0693. The number of sulfone groups is 1. The summed E-state index contributed by atoms with van der Waals surface area (Å²) in [5.74, 6) is 1.29. The number of ether oxygens (including phenoxy) is 2. The molecule has 2 aliphatic rings. The number of rotatable bonds is 8. The Labute approximate surface area is 168 Å². The minimum Gasteiger partial charge on any atom is -0.493 e. The molecule has 0 bridgehead atoms. The summed E-state index contributed by atoms with van der Waals surface area (Å²) in [7, 11) is -1.48. The molecular formula is C21H31NO5S. The van der Waals surface area contributed by atoms with E-state index in [-0.39, 0.29) is 29.6 Å². The highest BCUT2D eigenvalue weighted by atomic mass is 32.2. The fourth-order valence-corrected chi connectivity index (χ4v) is 5.78. The number of hydrogen-bond acceptors (Lipinski definition) is 5. The molecule has 1 atom stereocenters. The van der Waals surface area contributed by atoms with Gasteiger partial charge in [0.25, 0.3) is 5.91 Å². The Morgan fingerprint density at radius 1 is 1.18 bits per heavy atom. The second-order valence-electron chi connectivity index (χ2n) is 7.80. The monoisotopic (exact) mass is 409 g/mol. The Morgan fingerprint density at radius 3 is 2.54 bits per heavy atom. The molecule has 0 N–H and O–H groups in total. The van der Waals surface area contributed by atoms with Gasteiger partial charge in [-0.25, -0.2) is 8.42 Å². The molecule has 1 aliphatic carbocycles. The summed E-state index contributed by atoms with van der Waals surface area (Å²) in [6, 6.07) is 5.03. The average molecular weight is 410 g/mol. The second kappa shape index (κ2) is 9.16. The van der Waals surface area contributed by atoms with Crippen LogP contribution in [0, 0.1) is 0 Å². The first-order chi connectivity index (χ1) is 13.4. The van der Waals surface area contributed by atoms with Gasteiger partial charge in [-0.3, -0.25) is 4.79 Å². The van der Waals surface area contributed by atoms with Crippen molar-refractivity contribution in [1.82, 2.24) is 4.90 Å². The third-order valence-electron chi connectivity index (χ3n) is 5.67. The maximum Gasteiger partial charge on any atom is 0.254 e. The van der Waals surface area contributed by atoms with Crippen LogP contribution < -0.4 is 9.47 Å². The first kappa shape index (κ1) is 21.0. The summed E-state index contributed by atoms with van der Waals surface area (Å²) < 4.78 is 35.4. The van der Waals surface area contributed by atoms with Crippen LogP contribution in [-0.4, -0.2) is 56.5 Å². The SMILES string of the molecule is CCCCN(C(=O)c1ccc(OC2CCCC2)c(OC)c1)C1CCS(=O)(=O)C1. The van der Waals surface area contributed by atoms with E-state index in [1.165, 1.54) is 12.8 Å². The summed E-state index contributed by atoms with van der Waals surface area (Å²) >= 11 is 0. The van der Waals surface area contributed by atoms with Crippen LogP contribution in [0.5, 0.6) is 11.5 Å². The normalized spacial score (nSPS) is 21.6. The van der Waals surface area contributed by atoms with E-state index in [0.29, 0.717) is 30.0 Å². The maximum atomic E-state index is 13.2. The quantitative estimate of drug-likeness (QED) is 0.658. The molecule has 0 radical (unpaired) electrons. The molecule has 1 saturated carbocycles. The van der Waals surface area contributed by atoms with Gasteiger partial charge in [-0.15, -0.1) is 0 Å². The number of unbranched alkanes of at least 4 members (excludes halogenated alkanes) is 1. The summed E-state index contributed by atoms with van der Waals surface area (Å²) in [6.45, 7) is 2.63. The number of benzene rings is 1. The molecule has 156 valence electrons. The fraction of sp³-hybridized carbons (Fsp3) is 0.667. The predicted molar refractivity (Wildman–Crippen MR) is 109 cm³/mol. The third kappa shape index (κ3) is 4.99. The van der Waals surface area contributed by atoms with Gasteiger partial charge in [0.2, 0.25) is 0 Å². The summed E-state index contributed by atoms with van der Waals surface area (Å²) in [4.78, 5) is 14.9. The first-order valence-corrected chi connectivity index (χ1v) is 12.1. The molecule has 1 aromatic rings. The van der Waals surface area contributed by atoms with E-state index in [9.17, 15) is 13.2 Å². The molecular weight excluding hydrogens is 378 g/mol. The Kier molecular flexibility index (Phi) is 6.86. The van der Waals surface area contributed by atoms with Crippen LogP contribution in [0.15, 0.2) is 18.2 Å². The van der Waals surface area contributed by atoms with E-state index in [0.717, 1.165) is 25.7 Å². The molecule has 6 nitrogen and oxygen atoms in total. The van der Waals surface area contributed by atoms with Gasteiger partial charge in [-0.2, -0.15) is 0 Å². The lowest BCUT2D eigenvalue weighted by Gasteiger charge is -2.28. The molecule has 1 saturated heterocycles. The van der Waals surface area contributed by atoms with E-state index in [1.54, 1.807) is 30.2 Å². The summed E-state index contributed by atoms with van der Waals surface area (Å²) in [5.41, 5.74) is 0.510. The van der Waals surface area contributed by atoms with Crippen LogP contribution in [0.2, 0.25) is 0 Å². The van der Waals surface area contributed by atoms with E-state index >= 15 is 0 Å². The van der Waals surface area contributed by atoms with Crippen LogP contribution in [0.25, 0.3) is 0 Å². The topological polar surface area (TPSA) is 72.9 Å². The van der Waals surface area contributed by atoms with Gasteiger partial charge in [0.15, 0.2) is 21.3 Å². The molecule has 7 heteroatoms. The van der Waals surface area contributed by atoms with E-state index in [1.807, 2.05) is 0 Å². The van der Waals surface area contributed by atoms with Gasteiger partial charge in [0.1, 0.15) is 0 Å².